The number of hydrogen-bond acceptors (Lipinski definition) is 5. The molecule has 0 atom stereocenters. The normalized spacial score (nSPS) is 13.9. The SMILES string of the molecule is CCN(CCc1ccncc1)C1=C(c2cccs2)C(=O)N(CCc2ccccc2)C1=O. The minimum absolute atomic E-state index is 0.194. The molecule has 0 saturated carbocycles. The van der Waals surface area contributed by atoms with Crippen molar-refractivity contribution in [3.63, 3.8) is 0 Å². The summed E-state index contributed by atoms with van der Waals surface area (Å²) in [6.45, 7) is 3.72. The topological polar surface area (TPSA) is 53.5 Å². The minimum atomic E-state index is -0.194. The van der Waals surface area contributed by atoms with Crippen LogP contribution in [0, 0.1) is 0 Å². The molecule has 5 nitrogen and oxygen atoms in total. The van der Waals surface area contributed by atoms with Crippen LogP contribution in [0.15, 0.2) is 78.1 Å². The van der Waals surface area contributed by atoms with Gasteiger partial charge in [0.1, 0.15) is 5.70 Å². The van der Waals surface area contributed by atoms with Crippen molar-refractivity contribution in [2.75, 3.05) is 19.6 Å². The van der Waals surface area contributed by atoms with Crippen molar-refractivity contribution in [2.24, 2.45) is 0 Å². The van der Waals surface area contributed by atoms with Crippen molar-refractivity contribution < 1.29 is 9.59 Å². The molecular formula is C25H25N3O2S. The van der Waals surface area contributed by atoms with Crippen LogP contribution in [0.5, 0.6) is 0 Å². The number of nitrogens with zero attached hydrogens (tertiary/aromatic N) is 3. The summed E-state index contributed by atoms with van der Waals surface area (Å²) < 4.78 is 0. The maximum Gasteiger partial charge on any atom is 0.277 e. The highest BCUT2D eigenvalue weighted by Crippen LogP contribution is 2.34. The lowest BCUT2D eigenvalue weighted by Crippen LogP contribution is -2.37. The third-order valence-electron chi connectivity index (χ3n) is 5.50. The lowest BCUT2D eigenvalue weighted by atomic mass is 10.1. The molecule has 3 heterocycles. The quantitative estimate of drug-likeness (QED) is 0.480. The Morgan fingerprint density at radius 3 is 2.32 bits per heavy atom. The molecule has 1 aliphatic rings. The fourth-order valence-electron chi connectivity index (χ4n) is 3.83. The monoisotopic (exact) mass is 431 g/mol. The number of benzene rings is 1. The smallest absolute Gasteiger partial charge is 0.277 e. The zero-order valence-corrected chi connectivity index (χ0v) is 18.3. The van der Waals surface area contributed by atoms with Gasteiger partial charge in [-0.2, -0.15) is 0 Å². The first-order chi connectivity index (χ1) is 15.2. The van der Waals surface area contributed by atoms with Gasteiger partial charge >= 0.3 is 0 Å². The van der Waals surface area contributed by atoms with Crippen LogP contribution < -0.4 is 0 Å². The molecule has 1 aliphatic heterocycles. The van der Waals surface area contributed by atoms with Crippen LogP contribution >= 0.6 is 11.3 Å². The second-order valence-electron chi connectivity index (χ2n) is 7.38. The second-order valence-corrected chi connectivity index (χ2v) is 8.33. The van der Waals surface area contributed by atoms with E-state index >= 15 is 0 Å². The molecule has 4 rings (SSSR count). The van der Waals surface area contributed by atoms with Crippen LogP contribution in [0.2, 0.25) is 0 Å². The summed E-state index contributed by atoms with van der Waals surface area (Å²) >= 11 is 1.50. The standard InChI is InChI=1S/C25H25N3O2S/c1-2-27(16-12-20-10-14-26-15-11-20)23-22(21-9-6-18-31-21)24(29)28(25(23)30)17-13-19-7-4-3-5-8-19/h3-11,14-15,18H,2,12-13,16-17H2,1H3. The van der Waals surface area contributed by atoms with Crippen molar-refractivity contribution in [1.29, 1.82) is 0 Å². The van der Waals surface area contributed by atoms with Gasteiger partial charge in [0.15, 0.2) is 0 Å². The van der Waals surface area contributed by atoms with Crippen LogP contribution in [0.3, 0.4) is 0 Å². The van der Waals surface area contributed by atoms with E-state index in [2.05, 4.69) is 4.98 Å². The number of imide groups is 1. The number of pyridine rings is 1. The third-order valence-corrected chi connectivity index (χ3v) is 6.38. The average molecular weight is 432 g/mol. The summed E-state index contributed by atoms with van der Waals surface area (Å²) in [6.07, 6.45) is 4.98. The van der Waals surface area contributed by atoms with Crippen molar-refractivity contribution in [2.45, 2.75) is 19.8 Å². The molecule has 1 aromatic carbocycles. The fraction of sp³-hybridized carbons (Fsp3) is 0.240. The molecule has 0 N–H and O–H groups in total. The van der Waals surface area contributed by atoms with Gasteiger partial charge < -0.3 is 4.90 Å². The van der Waals surface area contributed by atoms with E-state index in [0.29, 0.717) is 37.3 Å². The summed E-state index contributed by atoms with van der Waals surface area (Å²) in [4.78, 5) is 35.2. The summed E-state index contributed by atoms with van der Waals surface area (Å²) in [5, 5.41) is 1.94. The molecule has 6 heteroatoms. The molecule has 2 amide bonds. The molecule has 0 fully saturated rings. The first-order valence-electron chi connectivity index (χ1n) is 10.5. The molecule has 0 unspecified atom stereocenters. The number of thiophene rings is 1. The van der Waals surface area contributed by atoms with E-state index in [9.17, 15) is 9.59 Å². The number of hydrogen-bond donors (Lipinski definition) is 0. The van der Waals surface area contributed by atoms with Gasteiger partial charge in [0.05, 0.1) is 5.57 Å². The van der Waals surface area contributed by atoms with Crippen LogP contribution in [-0.4, -0.2) is 46.2 Å². The maximum atomic E-state index is 13.5. The van der Waals surface area contributed by atoms with Gasteiger partial charge in [0, 0.05) is 36.9 Å². The van der Waals surface area contributed by atoms with Crippen LogP contribution in [0.4, 0.5) is 0 Å². The predicted octanol–water partition coefficient (Wildman–Crippen LogP) is 4.03. The Bertz CT molecular complexity index is 1060. The van der Waals surface area contributed by atoms with Gasteiger partial charge in [-0.1, -0.05) is 36.4 Å². The number of carbonyl (C=O) groups excluding carboxylic acids is 2. The van der Waals surface area contributed by atoms with Crippen LogP contribution in [0.1, 0.15) is 22.9 Å². The van der Waals surface area contributed by atoms with E-state index in [1.165, 1.54) is 16.2 Å². The lowest BCUT2D eigenvalue weighted by molar-refractivity contribution is -0.137. The third kappa shape index (κ3) is 4.59. The second kappa shape index (κ2) is 9.71. The van der Waals surface area contributed by atoms with Gasteiger partial charge in [-0.05, 0) is 54.5 Å². The maximum absolute atomic E-state index is 13.5. The Hall–Kier alpha value is -3.25. The van der Waals surface area contributed by atoms with E-state index in [0.717, 1.165) is 22.4 Å². The van der Waals surface area contributed by atoms with Crippen molar-refractivity contribution >= 4 is 28.7 Å². The van der Waals surface area contributed by atoms with E-state index in [-0.39, 0.29) is 11.8 Å². The van der Waals surface area contributed by atoms with Gasteiger partial charge in [0.25, 0.3) is 11.8 Å². The molecule has 3 aromatic rings. The highest BCUT2D eigenvalue weighted by Gasteiger charge is 2.41. The van der Waals surface area contributed by atoms with Crippen molar-refractivity contribution in [3.8, 4) is 0 Å². The lowest BCUT2D eigenvalue weighted by Gasteiger charge is -2.24. The summed E-state index contributed by atoms with van der Waals surface area (Å²) in [7, 11) is 0. The van der Waals surface area contributed by atoms with Gasteiger partial charge in [-0.25, -0.2) is 0 Å². The van der Waals surface area contributed by atoms with Crippen molar-refractivity contribution in [1.82, 2.24) is 14.8 Å². The Labute approximate surface area is 186 Å². The summed E-state index contributed by atoms with van der Waals surface area (Å²) in [5.74, 6) is -0.387. The highest BCUT2D eigenvalue weighted by atomic mass is 32.1. The molecule has 0 saturated heterocycles. The van der Waals surface area contributed by atoms with Gasteiger partial charge in [0.2, 0.25) is 0 Å². The zero-order valence-electron chi connectivity index (χ0n) is 17.5. The van der Waals surface area contributed by atoms with Crippen molar-refractivity contribution in [3.05, 3.63) is 94.1 Å². The minimum Gasteiger partial charge on any atom is -0.366 e. The number of carbonyl (C=O) groups is 2. The molecule has 158 valence electrons. The predicted molar refractivity (Wildman–Crippen MR) is 123 cm³/mol. The summed E-state index contributed by atoms with van der Waals surface area (Å²) in [5.41, 5.74) is 3.32. The van der Waals surface area contributed by atoms with E-state index in [4.69, 9.17) is 0 Å². The molecule has 0 aliphatic carbocycles. The molecular weight excluding hydrogens is 406 g/mol. The van der Waals surface area contributed by atoms with Crippen LogP contribution in [0.25, 0.3) is 5.57 Å². The average Bonchev–Trinajstić information content (AvgIpc) is 3.41. The molecule has 0 spiro atoms. The number of aromatic nitrogens is 1. The summed E-state index contributed by atoms with van der Waals surface area (Å²) in [6, 6.07) is 17.8. The first-order valence-corrected chi connectivity index (χ1v) is 11.4. The van der Waals surface area contributed by atoms with Gasteiger partial charge in [-0.3, -0.25) is 19.5 Å². The molecule has 0 bridgehead atoms. The Balaban J connectivity index is 1.59. The van der Waals surface area contributed by atoms with Crippen LogP contribution in [-0.2, 0) is 22.4 Å². The highest BCUT2D eigenvalue weighted by molar-refractivity contribution is 7.11. The van der Waals surface area contributed by atoms with E-state index < -0.39 is 0 Å². The molecule has 0 radical (unpaired) electrons. The first kappa shape index (κ1) is 21.0. The molecule has 31 heavy (non-hydrogen) atoms. The van der Waals surface area contributed by atoms with E-state index in [1.807, 2.05) is 71.8 Å². The Kier molecular flexibility index (Phi) is 6.57. The molecule has 2 aromatic heterocycles. The largest absolute Gasteiger partial charge is 0.366 e. The number of rotatable bonds is 9. The Morgan fingerprint density at radius 1 is 0.903 bits per heavy atom. The zero-order chi connectivity index (χ0) is 21.6. The van der Waals surface area contributed by atoms with E-state index in [1.54, 1.807) is 12.4 Å². The fourth-order valence-corrected chi connectivity index (χ4v) is 4.59. The van der Waals surface area contributed by atoms with Gasteiger partial charge in [-0.15, -0.1) is 11.3 Å². The Morgan fingerprint density at radius 2 is 1.65 bits per heavy atom. The number of amides is 2. The number of likely N-dealkylation sites (N-methyl/N-ethyl adjacent to an activating group) is 1.